The number of anilines is 1. The van der Waals surface area contributed by atoms with Crippen molar-refractivity contribution in [2.45, 2.75) is 13.3 Å². The fourth-order valence-corrected chi connectivity index (χ4v) is 1.09. The molecular formula is C10H10Cl2N2O2. The SMILES string of the molecule is CC/C(Cl)=N\OC(=O)Nc1cccc(Cl)c1. The Morgan fingerprint density at radius 1 is 1.56 bits per heavy atom. The first kappa shape index (κ1) is 12.8. The number of carbonyl (C=O) groups excluding carboxylic acids is 1. The Bertz CT molecular complexity index is 408. The van der Waals surface area contributed by atoms with Gasteiger partial charge in [0.1, 0.15) is 5.17 Å². The van der Waals surface area contributed by atoms with E-state index in [1.165, 1.54) is 0 Å². The highest BCUT2D eigenvalue weighted by Gasteiger charge is 2.03. The molecule has 6 heteroatoms. The average molecular weight is 261 g/mol. The minimum atomic E-state index is -0.714. The smallest absolute Gasteiger partial charge is 0.297 e. The zero-order chi connectivity index (χ0) is 12.0. The third-order valence-electron chi connectivity index (χ3n) is 1.59. The van der Waals surface area contributed by atoms with Crippen LogP contribution >= 0.6 is 23.2 Å². The van der Waals surface area contributed by atoms with Crippen molar-refractivity contribution in [2.75, 3.05) is 5.32 Å². The largest absolute Gasteiger partial charge is 0.437 e. The lowest BCUT2D eigenvalue weighted by Crippen LogP contribution is -2.11. The summed E-state index contributed by atoms with van der Waals surface area (Å²) in [5, 5.41) is 6.59. The lowest BCUT2D eigenvalue weighted by molar-refractivity contribution is 0.166. The summed E-state index contributed by atoms with van der Waals surface area (Å²) >= 11 is 11.3. The molecule has 0 saturated heterocycles. The van der Waals surface area contributed by atoms with Gasteiger partial charge in [0.15, 0.2) is 0 Å². The summed E-state index contributed by atoms with van der Waals surface area (Å²) in [6, 6.07) is 6.68. The molecule has 0 radical (unpaired) electrons. The topological polar surface area (TPSA) is 50.7 Å². The second-order valence-corrected chi connectivity index (χ2v) is 3.71. The molecule has 0 aliphatic carbocycles. The third kappa shape index (κ3) is 4.51. The van der Waals surface area contributed by atoms with Crippen LogP contribution in [-0.4, -0.2) is 11.3 Å². The second kappa shape index (κ2) is 6.35. The Labute approximate surface area is 103 Å². The minimum Gasteiger partial charge on any atom is -0.297 e. The number of amides is 1. The van der Waals surface area contributed by atoms with Crippen LogP contribution in [0.4, 0.5) is 10.5 Å². The van der Waals surface area contributed by atoms with E-state index in [-0.39, 0.29) is 5.17 Å². The molecule has 0 saturated carbocycles. The Morgan fingerprint density at radius 2 is 2.31 bits per heavy atom. The van der Waals surface area contributed by atoms with Crippen LogP contribution < -0.4 is 5.32 Å². The van der Waals surface area contributed by atoms with Crippen molar-refractivity contribution in [3.63, 3.8) is 0 Å². The number of hydrogen-bond donors (Lipinski definition) is 1. The first-order valence-electron chi connectivity index (χ1n) is 4.57. The van der Waals surface area contributed by atoms with Gasteiger partial charge in [-0.3, -0.25) is 10.2 Å². The molecule has 4 nitrogen and oxygen atoms in total. The summed E-state index contributed by atoms with van der Waals surface area (Å²) in [6.45, 7) is 1.80. The fraction of sp³-hybridized carbons (Fsp3) is 0.200. The molecule has 0 spiro atoms. The van der Waals surface area contributed by atoms with Gasteiger partial charge in [0, 0.05) is 17.1 Å². The van der Waals surface area contributed by atoms with Crippen molar-refractivity contribution in [3.05, 3.63) is 29.3 Å². The summed E-state index contributed by atoms with van der Waals surface area (Å²) in [5.74, 6) is 0. The maximum Gasteiger partial charge on any atom is 0.437 e. The molecule has 1 aromatic carbocycles. The van der Waals surface area contributed by atoms with Crippen LogP contribution in [0.3, 0.4) is 0 Å². The van der Waals surface area contributed by atoms with Gasteiger partial charge < -0.3 is 0 Å². The van der Waals surface area contributed by atoms with Gasteiger partial charge in [-0.1, -0.05) is 41.3 Å². The van der Waals surface area contributed by atoms with Gasteiger partial charge in [-0.15, -0.1) is 0 Å². The van der Waals surface area contributed by atoms with E-state index < -0.39 is 6.09 Å². The van der Waals surface area contributed by atoms with E-state index >= 15 is 0 Å². The number of rotatable bonds is 3. The van der Waals surface area contributed by atoms with Crippen molar-refractivity contribution in [2.24, 2.45) is 5.16 Å². The van der Waals surface area contributed by atoms with Gasteiger partial charge in [-0.05, 0) is 18.2 Å². The highest BCUT2D eigenvalue weighted by Crippen LogP contribution is 2.14. The van der Waals surface area contributed by atoms with Crippen LogP contribution in [0.5, 0.6) is 0 Å². The Balaban J connectivity index is 2.52. The first-order chi connectivity index (χ1) is 7.61. The van der Waals surface area contributed by atoms with Crippen molar-refractivity contribution in [3.8, 4) is 0 Å². The fourth-order valence-electron chi connectivity index (χ4n) is 0.862. The number of nitrogens with one attached hydrogen (secondary N) is 1. The summed E-state index contributed by atoms with van der Waals surface area (Å²) < 4.78 is 0. The number of nitrogens with zero attached hydrogens (tertiary/aromatic N) is 1. The molecule has 1 amide bonds. The molecule has 0 unspecified atom stereocenters. The Kier molecular flexibility index (Phi) is 5.08. The molecule has 0 heterocycles. The van der Waals surface area contributed by atoms with Crippen LogP contribution in [0.2, 0.25) is 5.02 Å². The van der Waals surface area contributed by atoms with E-state index in [0.717, 1.165) is 0 Å². The predicted molar refractivity (Wildman–Crippen MR) is 65.1 cm³/mol. The van der Waals surface area contributed by atoms with Gasteiger partial charge in [-0.25, -0.2) is 4.79 Å². The van der Waals surface area contributed by atoms with Crippen molar-refractivity contribution < 1.29 is 9.63 Å². The lowest BCUT2D eigenvalue weighted by atomic mass is 10.3. The number of hydrogen-bond acceptors (Lipinski definition) is 3. The number of oxime groups is 1. The van der Waals surface area contributed by atoms with E-state index in [1.807, 2.05) is 0 Å². The maximum atomic E-state index is 11.2. The molecule has 0 atom stereocenters. The van der Waals surface area contributed by atoms with E-state index in [2.05, 4.69) is 15.3 Å². The maximum absolute atomic E-state index is 11.2. The third-order valence-corrected chi connectivity index (χ3v) is 2.16. The average Bonchev–Trinajstić information content (AvgIpc) is 2.26. The monoisotopic (exact) mass is 260 g/mol. The molecule has 0 fully saturated rings. The molecule has 0 aliphatic rings. The zero-order valence-electron chi connectivity index (χ0n) is 8.54. The summed E-state index contributed by atoms with van der Waals surface area (Å²) in [5.41, 5.74) is 0.528. The predicted octanol–water partition coefficient (Wildman–Crippen LogP) is 3.85. The van der Waals surface area contributed by atoms with E-state index in [0.29, 0.717) is 17.1 Å². The van der Waals surface area contributed by atoms with Crippen LogP contribution in [-0.2, 0) is 4.84 Å². The number of halogens is 2. The molecular weight excluding hydrogens is 251 g/mol. The van der Waals surface area contributed by atoms with Gasteiger partial charge in [-0.2, -0.15) is 0 Å². The summed E-state index contributed by atoms with van der Waals surface area (Å²) in [6.07, 6.45) is -0.208. The highest BCUT2D eigenvalue weighted by atomic mass is 35.5. The lowest BCUT2D eigenvalue weighted by Gasteiger charge is -2.02. The van der Waals surface area contributed by atoms with Crippen LogP contribution in [0.1, 0.15) is 13.3 Å². The van der Waals surface area contributed by atoms with Crippen LogP contribution in [0.15, 0.2) is 29.4 Å². The molecule has 86 valence electrons. The molecule has 0 aliphatic heterocycles. The quantitative estimate of drug-likeness (QED) is 0.510. The molecule has 16 heavy (non-hydrogen) atoms. The van der Waals surface area contributed by atoms with E-state index in [1.54, 1.807) is 31.2 Å². The number of carbonyl (C=O) groups is 1. The highest BCUT2D eigenvalue weighted by molar-refractivity contribution is 6.65. The summed E-state index contributed by atoms with van der Waals surface area (Å²) in [4.78, 5) is 15.7. The molecule has 1 rings (SSSR count). The van der Waals surface area contributed by atoms with Gasteiger partial charge in [0.25, 0.3) is 0 Å². The minimum absolute atomic E-state index is 0.223. The van der Waals surface area contributed by atoms with Crippen molar-refractivity contribution in [1.29, 1.82) is 0 Å². The van der Waals surface area contributed by atoms with Gasteiger partial charge >= 0.3 is 6.09 Å². The van der Waals surface area contributed by atoms with Crippen LogP contribution in [0.25, 0.3) is 0 Å². The number of benzene rings is 1. The Morgan fingerprint density at radius 3 is 2.94 bits per heavy atom. The van der Waals surface area contributed by atoms with Crippen molar-refractivity contribution in [1.82, 2.24) is 0 Å². The summed E-state index contributed by atoms with van der Waals surface area (Å²) in [7, 11) is 0. The second-order valence-electron chi connectivity index (χ2n) is 2.84. The Hall–Kier alpha value is -1.26. The molecule has 1 N–H and O–H groups in total. The van der Waals surface area contributed by atoms with Gasteiger partial charge in [0.05, 0.1) is 0 Å². The standard InChI is InChI=1S/C10H10Cl2N2O2/c1-2-9(12)14-16-10(15)13-8-5-3-4-7(11)6-8/h3-6H,2H2,1H3,(H,13,15)/b14-9+. The van der Waals surface area contributed by atoms with E-state index in [9.17, 15) is 4.79 Å². The van der Waals surface area contributed by atoms with Gasteiger partial charge in [0.2, 0.25) is 0 Å². The van der Waals surface area contributed by atoms with Crippen molar-refractivity contribution >= 4 is 40.2 Å². The normalized spacial score (nSPS) is 11.1. The molecule has 1 aromatic rings. The zero-order valence-corrected chi connectivity index (χ0v) is 10.0. The van der Waals surface area contributed by atoms with Crippen LogP contribution in [0, 0.1) is 0 Å². The molecule has 0 bridgehead atoms. The molecule has 0 aromatic heterocycles. The first-order valence-corrected chi connectivity index (χ1v) is 5.33. The van der Waals surface area contributed by atoms with E-state index in [4.69, 9.17) is 23.2 Å².